The standard InChI is InChI=1S/C18H21NO2/c1-12-10-19(11-17(12)18(20)21)13(2)15-9-5-7-14-6-3-4-8-16(14)15/h3-9,12-13,17H,10-11H2,1-2H3,(H,20,21)/t12-,13?,17-/m1/s1. The second-order valence-electron chi connectivity index (χ2n) is 6.12. The lowest BCUT2D eigenvalue weighted by atomic mass is 9.99. The van der Waals surface area contributed by atoms with E-state index in [-0.39, 0.29) is 17.9 Å². The van der Waals surface area contributed by atoms with E-state index < -0.39 is 5.97 Å². The van der Waals surface area contributed by atoms with E-state index in [1.165, 1.54) is 16.3 Å². The van der Waals surface area contributed by atoms with Crippen molar-refractivity contribution in [1.82, 2.24) is 4.90 Å². The fourth-order valence-electron chi connectivity index (χ4n) is 3.45. The van der Waals surface area contributed by atoms with Gasteiger partial charge >= 0.3 is 5.97 Å². The molecular formula is C18H21NO2. The van der Waals surface area contributed by atoms with E-state index in [2.05, 4.69) is 54.3 Å². The number of hydrogen-bond acceptors (Lipinski definition) is 2. The summed E-state index contributed by atoms with van der Waals surface area (Å²) >= 11 is 0. The second-order valence-corrected chi connectivity index (χ2v) is 6.12. The smallest absolute Gasteiger partial charge is 0.308 e. The van der Waals surface area contributed by atoms with Crippen LogP contribution in [0.1, 0.15) is 25.5 Å². The van der Waals surface area contributed by atoms with Gasteiger partial charge in [-0.15, -0.1) is 0 Å². The van der Waals surface area contributed by atoms with Crippen LogP contribution in [-0.2, 0) is 4.79 Å². The first-order valence-corrected chi connectivity index (χ1v) is 7.52. The Kier molecular flexibility index (Phi) is 3.68. The van der Waals surface area contributed by atoms with Gasteiger partial charge in [0.1, 0.15) is 0 Å². The summed E-state index contributed by atoms with van der Waals surface area (Å²) in [5, 5.41) is 11.8. The van der Waals surface area contributed by atoms with Crippen molar-refractivity contribution in [2.75, 3.05) is 13.1 Å². The number of benzene rings is 2. The Morgan fingerprint density at radius 1 is 1.19 bits per heavy atom. The number of carboxylic acid groups (broad SMARTS) is 1. The van der Waals surface area contributed by atoms with E-state index in [1.807, 2.05) is 6.92 Å². The largest absolute Gasteiger partial charge is 0.481 e. The summed E-state index contributed by atoms with van der Waals surface area (Å²) in [5.41, 5.74) is 1.28. The Balaban J connectivity index is 1.91. The molecule has 21 heavy (non-hydrogen) atoms. The summed E-state index contributed by atoms with van der Waals surface area (Å²) in [6.45, 7) is 5.70. The lowest BCUT2D eigenvalue weighted by Gasteiger charge is -2.25. The zero-order valence-electron chi connectivity index (χ0n) is 12.5. The van der Waals surface area contributed by atoms with Crippen LogP contribution in [0.25, 0.3) is 10.8 Å². The van der Waals surface area contributed by atoms with Gasteiger partial charge in [0, 0.05) is 19.1 Å². The van der Waals surface area contributed by atoms with Gasteiger partial charge in [-0.3, -0.25) is 9.69 Å². The number of aliphatic carboxylic acids is 1. The summed E-state index contributed by atoms with van der Waals surface area (Å²) < 4.78 is 0. The van der Waals surface area contributed by atoms with E-state index in [9.17, 15) is 9.90 Å². The summed E-state index contributed by atoms with van der Waals surface area (Å²) in [6, 6.07) is 15.0. The quantitative estimate of drug-likeness (QED) is 0.936. The molecule has 3 heteroatoms. The first-order chi connectivity index (χ1) is 10.1. The van der Waals surface area contributed by atoms with E-state index >= 15 is 0 Å². The number of likely N-dealkylation sites (tertiary alicyclic amines) is 1. The third kappa shape index (κ3) is 2.54. The Morgan fingerprint density at radius 3 is 2.62 bits per heavy atom. The van der Waals surface area contributed by atoms with Crippen LogP contribution in [0.3, 0.4) is 0 Å². The fraction of sp³-hybridized carbons (Fsp3) is 0.389. The SMILES string of the molecule is CC(c1cccc2ccccc12)N1C[C@@H](C)[C@H](C(=O)O)C1. The molecule has 0 aromatic heterocycles. The Morgan fingerprint density at radius 2 is 1.90 bits per heavy atom. The molecular weight excluding hydrogens is 262 g/mol. The molecule has 1 N–H and O–H groups in total. The predicted molar refractivity (Wildman–Crippen MR) is 84.2 cm³/mol. The van der Waals surface area contributed by atoms with Crippen molar-refractivity contribution in [3.63, 3.8) is 0 Å². The molecule has 0 bridgehead atoms. The van der Waals surface area contributed by atoms with Crippen molar-refractivity contribution < 1.29 is 9.90 Å². The normalized spacial score (nSPS) is 24.3. The predicted octanol–water partition coefficient (Wildman–Crippen LogP) is 3.55. The zero-order valence-corrected chi connectivity index (χ0v) is 12.5. The number of hydrogen-bond donors (Lipinski definition) is 1. The number of carbonyl (C=O) groups is 1. The molecule has 0 aliphatic carbocycles. The van der Waals surface area contributed by atoms with Crippen LogP contribution >= 0.6 is 0 Å². The summed E-state index contributed by atoms with van der Waals surface area (Å²) in [4.78, 5) is 13.6. The molecule has 0 spiro atoms. The maximum Gasteiger partial charge on any atom is 0.308 e. The molecule has 110 valence electrons. The van der Waals surface area contributed by atoms with Gasteiger partial charge < -0.3 is 5.11 Å². The first kappa shape index (κ1) is 14.1. The third-order valence-corrected chi connectivity index (χ3v) is 4.78. The van der Waals surface area contributed by atoms with Gasteiger partial charge in [0.2, 0.25) is 0 Å². The van der Waals surface area contributed by atoms with Crippen LogP contribution in [0.2, 0.25) is 0 Å². The van der Waals surface area contributed by atoms with Gasteiger partial charge in [-0.25, -0.2) is 0 Å². The molecule has 3 nitrogen and oxygen atoms in total. The molecule has 1 unspecified atom stereocenters. The van der Waals surface area contributed by atoms with E-state index in [0.717, 1.165) is 6.54 Å². The van der Waals surface area contributed by atoms with E-state index in [0.29, 0.717) is 6.54 Å². The minimum atomic E-state index is -0.671. The van der Waals surface area contributed by atoms with Gasteiger partial charge in [-0.2, -0.15) is 0 Å². The summed E-state index contributed by atoms with van der Waals surface area (Å²) in [7, 11) is 0. The average molecular weight is 283 g/mol. The van der Waals surface area contributed by atoms with Crippen molar-refractivity contribution in [3.05, 3.63) is 48.0 Å². The van der Waals surface area contributed by atoms with Gasteiger partial charge in [0.25, 0.3) is 0 Å². The summed E-state index contributed by atoms with van der Waals surface area (Å²) in [5.74, 6) is -0.711. The fourth-order valence-corrected chi connectivity index (χ4v) is 3.45. The Bertz CT molecular complexity index is 662. The Hall–Kier alpha value is -1.87. The summed E-state index contributed by atoms with van der Waals surface area (Å²) in [6.07, 6.45) is 0. The average Bonchev–Trinajstić information content (AvgIpc) is 2.88. The van der Waals surface area contributed by atoms with Crippen LogP contribution in [0.4, 0.5) is 0 Å². The van der Waals surface area contributed by atoms with Crippen molar-refractivity contribution in [2.24, 2.45) is 11.8 Å². The lowest BCUT2D eigenvalue weighted by Crippen LogP contribution is -2.26. The first-order valence-electron chi connectivity index (χ1n) is 7.52. The van der Waals surface area contributed by atoms with Crippen molar-refractivity contribution in [2.45, 2.75) is 19.9 Å². The van der Waals surface area contributed by atoms with E-state index in [1.54, 1.807) is 0 Å². The minimum Gasteiger partial charge on any atom is -0.481 e. The molecule has 3 atom stereocenters. The molecule has 2 aromatic carbocycles. The highest BCUT2D eigenvalue weighted by Gasteiger charge is 2.37. The van der Waals surface area contributed by atoms with Gasteiger partial charge in [0.05, 0.1) is 5.92 Å². The number of nitrogens with zero attached hydrogens (tertiary/aromatic N) is 1. The molecule has 1 heterocycles. The van der Waals surface area contributed by atoms with E-state index in [4.69, 9.17) is 0 Å². The topological polar surface area (TPSA) is 40.5 Å². The molecule has 0 saturated carbocycles. The Labute approximate surface area is 125 Å². The van der Waals surface area contributed by atoms with Crippen molar-refractivity contribution in [1.29, 1.82) is 0 Å². The number of carboxylic acids is 1. The molecule has 3 rings (SSSR count). The highest BCUT2D eigenvalue weighted by molar-refractivity contribution is 5.86. The third-order valence-electron chi connectivity index (χ3n) is 4.78. The van der Waals surface area contributed by atoms with Crippen LogP contribution in [0, 0.1) is 11.8 Å². The van der Waals surface area contributed by atoms with Gasteiger partial charge in [-0.1, -0.05) is 49.4 Å². The van der Waals surface area contributed by atoms with Crippen LogP contribution < -0.4 is 0 Å². The number of fused-ring (bicyclic) bond motifs is 1. The van der Waals surface area contributed by atoms with Gasteiger partial charge in [-0.05, 0) is 29.2 Å². The van der Waals surface area contributed by atoms with Crippen molar-refractivity contribution >= 4 is 16.7 Å². The second kappa shape index (κ2) is 5.49. The zero-order chi connectivity index (χ0) is 15.0. The molecule has 2 aromatic rings. The molecule has 1 aliphatic rings. The maximum absolute atomic E-state index is 11.3. The molecule has 0 radical (unpaired) electrons. The lowest BCUT2D eigenvalue weighted by molar-refractivity contribution is -0.142. The number of rotatable bonds is 3. The van der Waals surface area contributed by atoms with Crippen LogP contribution in [0.5, 0.6) is 0 Å². The molecule has 1 fully saturated rings. The highest BCUT2D eigenvalue weighted by atomic mass is 16.4. The molecule has 0 amide bonds. The van der Waals surface area contributed by atoms with Crippen molar-refractivity contribution in [3.8, 4) is 0 Å². The van der Waals surface area contributed by atoms with Crippen LogP contribution in [0.15, 0.2) is 42.5 Å². The van der Waals surface area contributed by atoms with Gasteiger partial charge in [0.15, 0.2) is 0 Å². The molecule has 1 aliphatic heterocycles. The van der Waals surface area contributed by atoms with Crippen LogP contribution in [-0.4, -0.2) is 29.1 Å². The highest BCUT2D eigenvalue weighted by Crippen LogP contribution is 2.33. The maximum atomic E-state index is 11.3. The monoisotopic (exact) mass is 283 g/mol. The minimum absolute atomic E-state index is 0.208. The molecule has 1 saturated heterocycles.